The number of halogens is 1. The number of para-hydroxylation sites is 1. The first kappa shape index (κ1) is 21.3. The Morgan fingerprint density at radius 1 is 1.03 bits per heavy atom. The van der Waals surface area contributed by atoms with Crippen LogP contribution in [0, 0.1) is 0 Å². The highest BCUT2D eigenvalue weighted by Crippen LogP contribution is 2.44. The maximum atomic E-state index is 11.8. The number of anilines is 2. The number of nitrogens with zero attached hydrogens (tertiary/aromatic N) is 1. The van der Waals surface area contributed by atoms with Gasteiger partial charge in [0.05, 0.1) is 5.69 Å². The number of carbonyl (C=O) groups is 1. The molecule has 0 aliphatic heterocycles. The Balaban J connectivity index is 0.00000231. The van der Waals surface area contributed by atoms with Gasteiger partial charge in [-0.25, -0.2) is 4.98 Å². The predicted octanol–water partition coefficient (Wildman–Crippen LogP) is 6.33. The van der Waals surface area contributed by atoms with Crippen LogP contribution in [0.25, 0.3) is 22.4 Å². The lowest BCUT2D eigenvalue weighted by atomic mass is 9.97. The van der Waals surface area contributed by atoms with E-state index in [2.05, 4.69) is 16.4 Å². The van der Waals surface area contributed by atoms with E-state index in [0.29, 0.717) is 5.13 Å². The van der Waals surface area contributed by atoms with Crippen LogP contribution in [0.3, 0.4) is 0 Å². The second kappa shape index (κ2) is 8.68. The molecule has 1 aliphatic rings. The van der Waals surface area contributed by atoms with Gasteiger partial charge in [-0.15, -0.1) is 35.3 Å². The van der Waals surface area contributed by atoms with Crippen molar-refractivity contribution in [3.8, 4) is 33.9 Å². The highest BCUT2D eigenvalue weighted by atomic mass is 127. The molecule has 0 radical (unpaired) electrons. The monoisotopic (exact) mass is 541 g/mol. The summed E-state index contributed by atoms with van der Waals surface area (Å²) in [4.78, 5) is 17.5. The number of benzene rings is 3. The summed E-state index contributed by atoms with van der Waals surface area (Å²) in [7, 11) is 0. The van der Waals surface area contributed by atoms with Gasteiger partial charge in [0.25, 0.3) is 0 Å². The lowest BCUT2D eigenvalue weighted by Crippen LogP contribution is -2.07. The van der Waals surface area contributed by atoms with Crippen molar-refractivity contribution in [3.63, 3.8) is 0 Å². The zero-order valence-corrected chi connectivity index (χ0v) is 19.9. The fourth-order valence-electron chi connectivity index (χ4n) is 3.74. The molecule has 7 heteroatoms. The number of thiazole rings is 1. The second-order valence-corrected chi connectivity index (χ2v) is 8.29. The van der Waals surface area contributed by atoms with Gasteiger partial charge in [0, 0.05) is 35.0 Å². The summed E-state index contributed by atoms with van der Waals surface area (Å²) in [5.74, 6) is 1.44. The Hall–Kier alpha value is -2.91. The molecule has 1 amide bonds. The van der Waals surface area contributed by atoms with E-state index in [4.69, 9.17) is 10.5 Å². The predicted molar refractivity (Wildman–Crippen MR) is 136 cm³/mol. The summed E-state index contributed by atoms with van der Waals surface area (Å²) in [6, 6.07) is 21.7. The summed E-state index contributed by atoms with van der Waals surface area (Å²) < 4.78 is 5.90. The van der Waals surface area contributed by atoms with Gasteiger partial charge in [-0.05, 0) is 47.5 Å². The number of nitrogens with two attached hydrogens (primary N) is 1. The fourth-order valence-corrected chi connectivity index (χ4v) is 4.61. The van der Waals surface area contributed by atoms with Gasteiger partial charge in [-0.2, -0.15) is 0 Å². The number of rotatable bonds is 4. The molecule has 3 N–H and O–H groups in total. The first-order valence-corrected chi connectivity index (χ1v) is 10.4. The molecule has 5 rings (SSSR count). The number of nitrogen functional groups attached to an aromatic ring is 1. The number of ether oxygens (including phenoxy) is 1. The maximum Gasteiger partial charge on any atom is 0.221 e. The van der Waals surface area contributed by atoms with E-state index in [0.717, 1.165) is 51.6 Å². The van der Waals surface area contributed by atoms with E-state index in [1.165, 1.54) is 23.1 Å². The minimum atomic E-state index is -0.102. The molecule has 1 heterocycles. The van der Waals surface area contributed by atoms with Crippen molar-refractivity contribution in [1.82, 2.24) is 4.98 Å². The molecule has 5 nitrogen and oxygen atoms in total. The van der Waals surface area contributed by atoms with Crippen molar-refractivity contribution < 1.29 is 9.53 Å². The number of fused-ring (bicyclic) bond motifs is 3. The van der Waals surface area contributed by atoms with E-state index in [1.54, 1.807) is 0 Å². The van der Waals surface area contributed by atoms with E-state index in [1.807, 2.05) is 60.7 Å². The number of hydrogen-bond acceptors (Lipinski definition) is 5. The van der Waals surface area contributed by atoms with Crippen LogP contribution in [0.2, 0.25) is 0 Å². The Bertz CT molecular complexity index is 1250. The summed E-state index contributed by atoms with van der Waals surface area (Å²) in [6.07, 6.45) is 0.788. The zero-order chi connectivity index (χ0) is 20.7. The van der Waals surface area contributed by atoms with Crippen LogP contribution in [-0.4, -0.2) is 10.9 Å². The zero-order valence-electron chi connectivity index (χ0n) is 16.7. The second-order valence-electron chi connectivity index (χ2n) is 7.18. The van der Waals surface area contributed by atoms with Crippen LogP contribution >= 0.6 is 35.3 Å². The lowest BCUT2D eigenvalue weighted by molar-refractivity contribution is -0.114. The van der Waals surface area contributed by atoms with Gasteiger partial charge in [0.2, 0.25) is 5.91 Å². The van der Waals surface area contributed by atoms with E-state index in [9.17, 15) is 4.79 Å². The van der Waals surface area contributed by atoms with Crippen LogP contribution in [0.4, 0.5) is 10.8 Å². The number of hydrogen-bond donors (Lipinski definition) is 2. The van der Waals surface area contributed by atoms with E-state index < -0.39 is 0 Å². The smallest absolute Gasteiger partial charge is 0.221 e. The molecule has 3 aromatic carbocycles. The third kappa shape index (κ3) is 4.28. The third-order valence-electron chi connectivity index (χ3n) is 5.02. The molecule has 156 valence electrons. The lowest BCUT2D eigenvalue weighted by Gasteiger charge is -2.14. The molecule has 0 bridgehead atoms. The summed E-state index contributed by atoms with van der Waals surface area (Å²) in [6.45, 7) is 1.52. The summed E-state index contributed by atoms with van der Waals surface area (Å²) in [5, 5.41) is 3.56. The number of amides is 1. The van der Waals surface area contributed by atoms with Crippen LogP contribution in [0.1, 0.15) is 17.4 Å². The average Bonchev–Trinajstić information content (AvgIpc) is 3.24. The minimum absolute atomic E-state index is 0. The molecule has 31 heavy (non-hydrogen) atoms. The standard InChI is InChI=1S/C24H19N3O2S.HI/c1-14(28)26-21-11-16-12-22-23(27-24(25)30-22)20(16)13-19(21)15-7-9-18(10-8-15)29-17-5-3-2-4-6-17;/h2-11,13H,12H2,1H3,(H2,25,27)(H,26,28);1H. The average molecular weight is 541 g/mol. The van der Waals surface area contributed by atoms with E-state index >= 15 is 0 Å². The molecule has 4 aromatic rings. The Morgan fingerprint density at radius 3 is 2.45 bits per heavy atom. The molecule has 0 spiro atoms. The number of nitrogens with one attached hydrogen (secondary N) is 1. The third-order valence-corrected chi connectivity index (χ3v) is 5.90. The van der Waals surface area contributed by atoms with Crippen molar-refractivity contribution in [2.24, 2.45) is 0 Å². The van der Waals surface area contributed by atoms with Crippen molar-refractivity contribution >= 4 is 52.0 Å². The normalized spacial score (nSPS) is 11.3. The van der Waals surface area contributed by atoms with Gasteiger partial charge < -0.3 is 15.8 Å². The molecule has 0 atom stereocenters. The van der Waals surface area contributed by atoms with Crippen LogP contribution in [0.5, 0.6) is 11.5 Å². The van der Waals surface area contributed by atoms with E-state index in [-0.39, 0.29) is 29.9 Å². The highest BCUT2D eigenvalue weighted by Gasteiger charge is 2.25. The van der Waals surface area contributed by atoms with Crippen LogP contribution < -0.4 is 15.8 Å². The van der Waals surface area contributed by atoms with Crippen molar-refractivity contribution in [2.45, 2.75) is 13.3 Å². The van der Waals surface area contributed by atoms with Gasteiger partial charge in [0.15, 0.2) is 5.13 Å². The molecule has 1 aliphatic carbocycles. The van der Waals surface area contributed by atoms with Gasteiger partial charge in [0.1, 0.15) is 11.5 Å². The fraction of sp³-hybridized carbons (Fsp3) is 0.0833. The molecule has 0 saturated heterocycles. The molecular weight excluding hydrogens is 521 g/mol. The quantitative estimate of drug-likeness (QED) is 0.261. The SMILES string of the molecule is CC(=O)Nc1cc2c(cc1-c1ccc(Oc3ccccc3)cc1)-c1nc(N)sc1C2.I. The van der Waals surface area contributed by atoms with Crippen LogP contribution in [-0.2, 0) is 11.2 Å². The Labute approximate surface area is 201 Å². The van der Waals surface area contributed by atoms with Crippen molar-refractivity contribution in [2.75, 3.05) is 11.1 Å². The topological polar surface area (TPSA) is 77.2 Å². The molecule has 0 unspecified atom stereocenters. The molecule has 1 aromatic heterocycles. The number of aromatic nitrogens is 1. The largest absolute Gasteiger partial charge is 0.457 e. The Kier molecular flexibility index (Phi) is 5.97. The first-order chi connectivity index (χ1) is 14.6. The van der Waals surface area contributed by atoms with Crippen molar-refractivity contribution in [3.05, 3.63) is 77.2 Å². The Morgan fingerprint density at radius 2 is 1.74 bits per heavy atom. The van der Waals surface area contributed by atoms with Crippen LogP contribution in [0.15, 0.2) is 66.7 Å². The first-order valence-electron chi connectivity index (χ1n) is 9.60. The van der Waals surface area contributed by atoms with Crippen molar-refractivity contribution in [1.29, 1.82) is 0 Å². The maximum absolute atomic E-state index is 11.8. The van der Waals surface area contributed by atoms with Gasteiger partial charge in [-0.1, -0.05) is 30.3 Å². The molecular formula is C24H20IN3O2S. The van der Waals surface area contributed by atoms with Gasteiger partial charge in [-0.3, -0.25) is 4.79 Å². The summed E-state index contributed by atoms with van der Waals surface area (Å²) in [5.41, 5.74) is 11.8. The number of carbonyl (C=O) groups excluding carboxylic acids is 1. The minimum Gasteiger partial charge on any atom is -0.457 e. The molecule has 0 fully saturated rings. The van der Waals surface area contributed by atoms with Gasteiger partial charge >= 0.3 is 0 Å². The summed E-state index contributed by atoms with van der Waals surface area (Å²) >= 11 is 1.52. The molecule has 0 saturated carbocycles. The highest BCUT2D eigenvalue weighted by molar-refractivity contribution is 14.0.